The zero-order chi connectivity index (χ0) is 23.2. The van der Waals surface area contributed by atoms with Crippen LogP contribution < -0.4 is 4.74 Å². The molecule has 0 radical (unpaired) electrons. The predicted octanol–water partition coefficient (Wildman–Crippen LogP) is 6.40. The van der Waals surface area contributed by atoms with Gasteiger partial charge < -0.3 is 9.84 Å². The third-order valence-corrected chi connectivity index (χ3v) is 6.32. The summed E-state index contributed by atoms with van der Waals surface area (Å²) in [7, 11) is 0. The number of nitrogens with zero attached hydrogens (tertiary/aromatic N) is 1. The number of aliphatic hydroxyl groups is 1. The van der Waals surface area contributed by atoms with E-state index in [2.05, 4.69) is 77.7 Å². The zero-order valence-electron chi connectivity index (χ0n) is 19.1. The van der Waals surface area contributed by atoms with Crippen LogP contribution in [-0.4, -0.2) is 16.0 Å². The second-order valence-corrected chi connectivity index (χ2v) is 8.70. The van der Waals surface area contributed by atoms with Crippen molar-refractivity contribution < 1.29 is 9.84 Å². The summed E-state index contributed by atoms with van der Waals surface area (Å²) in [5.74, 6) is 0.799. The Morgan fingerprint density at radius 2 is 1.21 bits per heavy atom. The van der Waals surface area contributed by atoms with Gasteiger partial charge in [-0.1, -0.05) is 115 Å². The second kappa shape index (κ2) is 10.5. The molecule has 4 aromatic carbocycles. The van der Waals surface area contributed by atoms with E-state index in [0.29, 0.717) is 6.61 Å². The topological polar surface area (TPSA) is 32.7 Å². The fourth-order valence-corrected chi connectivity index (χ4v) is 4.57. The number of ether oxygens (including phenoxy) is 1. The monoisotopic (exact) mass is 447 g/mol. The minimum absolute atomic E-state index is 0.141. The van der Waals surface area contributed by atoms with Gasteiger partial charge in [-0.2, -0.15) is 0 Å². The highest BCUT2D eigenvalue weighted by atomic mass is 16.5. The fraction of sp³-hybridized carbons (Fsp3) is 0.161. The van der Waals surface area contributed by atoms with E-state index in [1.807, 2.05) is 48.5 Å². The van der Waals surface area contributed by atoms with Gasteiger partial charge in [-0.3, -0.25) is 4.90 Å². The standard InChI is InChI=1S/C31H29NO2/c33-31-28-17-10-18-30(34-23-26-15-8-3-9-16-26)27(28)19-20-29(31)32(21-24-11-4-1-5-12-24)22-25-13-6-2-7-14-25/h1-20,29,31,33H,21-23H2/t29-,31-/m0/s1. The molecule has 0 heterocycles. The van der Waals surface area contributed by atoms with E-state index in [9.17, 15) is 5.11 Å². The first-order valence-electron chi connectivity index (χ1n) is 11.8. The molecular formula is C31H29NO2. The number of hydrogen-bond donors (Lipinski definition) is 1. The quantitative estimate of drug-likeness (QED) is 0.339. The van der Waals surface area contributed by atoms with E-state index in [-0.39, 0.29) is 6.04 Å². The molecule has 0 aromatic heterocycles. The smallest absolute Gasteiger partial charge is 0.127 e. The van der Waals surface area contributed by atoms with E-state index >= 15 is 0 Å². The number of hydrogen-bond acceptors (Lipinski definition) is 3. The Labute approximate surface area is 201 Å². The maximum absolute atomic E-state index is 11.5. The highest BCUT2D eigenvalue weighted by molar-refractivity contribution is 5.65. The third-order valence-electron chi connectivity index (χ3n) is 6.32. The molecule has 0 bridgehead atoms. The highest BCUT2D eigenvalue weighted by Gasteiger charge is 2.30. The van der Waals surface area contributed by atoms with E-state index in [1.54, 1.807) is 0 Å². The summed E-state index contributed by atoms with van der Waals surface area (Å²) in [5.41, 5.74) is 5.44. The van der Waals surface area contributed by atoms with Gasteiger partial charge in [0.05, 0.1) is 12.1 Å². The minimum Gasteiger partial charge on any atom is -0.488 e. The molecule has 3 nitrogen and oxygen atoms in total. The molecule has 0 saturated carbocycles. The van der Waals surface area contributed by atoms with E-state index in [0.717, 1.165) is 35.5 Å². The molecule has 0 unspecified atom stereocenters. The van der Waals surface area contributed by atoms with Gasteiger partial charge in [-0.25, -0.2) is 0 Å². The lowest BCUT2D eigenvalue weighted by Crippen LogP contribution is -2.39. The van der Waals surface area contributed by atoms with E-state index in [1.165, 1.54) is 11.1 Å². The van der Waals surface area contributed by atoms with Crippen molar-refractivity contribution in [1.82, 2.24) is 4.90 Å². The van der Waals surface area contributed by atoms with Gasteiger partial charge in [0, 0.05) is 18.7 Å². The first kappa shape index (κ1) is 22.1. The molecule has 1 N–H and O–H groups in total. The molecule has 34 heavy (non-hydrogen) atoms. The molecule has 0 amide bonds. The molecule has 0 spiro atoms. The summed E-state index contributed by atoms with van der Waals surface area (Å²) in [6.07, 6.45) is 3.58. The van der Waals surface area contributed by atoms with Gasteiger partial charge in [0.1, 0.15) is 12.4 Å². The van der Waals surface area contributed by atoms with Crippen molar-refractivity contribution in [1.29, 1.82) is 0 Å². The lowest BCUT2D eigenvalue weighted by Gasteiger charge is -2.36. The first-order chi connectivity index (χ1) is 16.8. The Bertz CT molecular complexity index is 1180. The zero-order valence-corrected chi connectivity index (χ0v) is 19.1. The average Bonchev–Trinajstić information content (AvgIpc) is 2.89. The van der Waals surface area contributed by atoms with Crippen LogP contribution in [0.4, 0.5) is 0 Å². The van der Waals surface area contributed by atoms with Crippen LogP contribution in [-0.2, 0) is 19.7 Å². The normalized spacial score (nSPS) is 16.9. The van der Waals surface area contributed by atoms with Crippen molar-refractivity contribution in [3.8, 4) is 5.75 Å². The lowest BCUT2D eigenvalue weighted by atomic mass is 9.89. The first-order valence-corrected chi connectivity index (χ1v) is 11.8. The number of aliphatic hydroxyl groups excluding tert-OH is 1. The number of rotatable bonds is 8. The van der Waals surface area contributed by atoms with Crippen molar-refractivity contribution in [3.05, 3.63) is 143 Å². The summed E-state index contributed by atoms with van der Waals surface area (Å²) < 4.78 is 6.15. The van der Waals surface area contributed by atoms with Gasteiger partial charge in [0.2, 0.25) is 0 Å². The largest absolute Gasteiger partial charge is 0.488 e. The Morgan fingerprint density at radius 3 is 1.79 bits per heavy atom. The van der Waals surface area contributed by atoms with E-state index in [4.69, 9.17) is 4.74 Å². The Morgan fingerprint density at radius 1 is 0.647 bits per heavy atom. The number of benzene rings is 4. The molecule has 1 aliphatic carbocycles. The van der Waals surface area contributed by atoms with Crippen molar-refractivity contribution in [2.24, 2.45) is 0 Å². The second-order valence-electron chi connectivity index (χ2n) is 8.70. The summed E-state index contributed by atoms with van der Waals surface area (Å²) in [6.45, 7) is 2.00. The van der Waals surface area contributed by atoms with Crippen LogP contribution in [0.2, 0.25) is 0 Å². The summed E-state index contributed by atoms with van der Waals surface area (Å²) in [6, 6.07) is 36.8. The van der Waals surface area contributed by atoms with Crippen LogP contribution >= 0.6 is 0 Å². The maximum atomic E-state index is 11.5. The van der Waals surface area contributed by atoms with Crippen molar-refractivity contribution in [2.75, 3.05) is 0 Å². The van der Waals surface area contributed by atoms with Gasteiger partial charge in [0.15, 0.2) is 0 Å². The van der Waals surface area contributed by atoms with Gasteiger partial charge in [0.25, 0.3) is 0 Å². The molecular weight excluding hydrogens is 418 g/mol. The lowest BCUT2D eigenvalue weighted by molar-refractivity contribution is 0.0624. The van der Waals surface area contributed by atoms with Crippen LogP contribution in [0.3, 0.4) is 0 Å². The average molecular weight is 448 g/mol. The Balaban J connectivity index is 1.40. The van der Waals surface area contributed by atoms with Crippen molar-refractivity contribution in [2.45, 2.75) is 31.8 Å². The number of fused-ring (bicyclic) bond motifs is 1. The van der Waals surface area contributed by atoms with Gasteiger partial charge >= 0.3 is 0 Å². The molecule has 0 fully saturated rings. The van der Waals surface area contributed by atoms with Crippen LogP contribution in [0.15, 0.2) is 115 Å². The van der Waals surface area contributed by atoms with Crippen LogP contribution in [0.5, 0.6) is 5.75 Å². The highest BCUT2D eigenvalue weighted by Crippen LogP contribution is 2.37. The molecule has 3 heteroatoms. The van der Waals surface area contributed by atoms with Crippen molar-refractivity contribution in [3.63, 3.8) is 0 Å². The SMILES string of the molecule is O[C@H]1c2cccc(OCc3ccccc3)c2C=C[C@@H]1N(Cc1ccccc1)Cc1ccccc1. The Kier molecular flexibility index (Phi) is 6.85. The molecule has 0 saturated heterocycles. The van der Waals surface area contributed by atoms with Crippen molar-refractivity contribution >= 4 is 6.08 Å². The van der Waals surface area contributed by atoms with Gasteiger partial charge in [-0.15, -0.1) is 0 Å². The van der Waals surface area contributed by atoms with Crippen LogP contribution in [0, 0.1) is 0 Å². The molecule has 5 rings (SSSR count). The third kappa shape index (κ3) is 5.12. The predicted molar refractivity (Wildman–Crippen MR) is 137 cm³/mol. The molecule has 170 valence electrons. The molecule has 0 aliphatic heterocycles. The summed E-state index contributed by atoms with van der Waals surface area (Å²) in [5, 5.41) is 11.5. The molecule has 1 aliphatic rings. The Hall–Kier alpha value is -3.66. The van der Waals surface area contributed by atoms with Crippen LogP contribution in [0.25, 0.3) is 6.08 Å². The molecule has 2 atom stereocenters. The minimum atomic E-state index is -0.646. The van der Waals surface area contributed by atoms with Gasteiger partial charge in [-0.05, 0) is 28.3 Å². The van der Waals surface area contributed by atoms with E-state index < -0.39 is 6.10 Å². The summed E-state index contributed by atoms with van der Waals surface area (Å²) in [4.78, 5) is 2.34. The fourth-order valence-electron chi connectivity index (χ4n) is 4.57. The molecule has 4 aromatic rings. The summed E-state index contributed by atoms with van der Waals surface area (Å²) >= 11 is 0. The maximum Gasteiger partial charge on any atom is 0.127 e. The van der Waals surface area contributed by atoms with Crippen LogP contribution in [0.1, 0.15) is 33.9 Å².